The smallest absolute Gasteiger partial charge is 0.266 e. The SMILES string of the molecule is C=CCc1cc(/C=C(/C#N)C(=O)Nc2ccccc2F)cc(Br)c1OCc1ccccc1Cl. The zero-order chi connectivity index (χ0) is 23.8. The van der Waals surface area contributed by atoms with Gasteiger partial charge in [0.05, 0.1) is 10.2 Å². The fourth-order valence-corrected chi connectivity index (χ4v) is 3.88. The van der Waals surface area contributed by atoms with Crippen LogP contribution < -0.4 is 10.1 Å². The van der Waals surface area contributed by atoms with Crippen LogP contribution in [0.4, 0.5) is 10.1 Å². The summed E-state index contributed by atoms with van der Waals surface area (Å²) in [5.41, 5.74) is 2.09. The van der Waals surface area contributed by atoms with Crippen molar-refractivity contribution in [2.24, 2.45) is 0 Å². The lowest BCUT2D eigenvalue weighted by molar-refractivity contribution is -0.112. The van der Waals surface area contributed by atoms with E-state index in [0.717, 1.165) is 11.1 Å². The van der Waals surface area contributed by atoms with Gasteiger partial charge in [-0.25, -0.2) is 4.39 Å². The number of nitrogens with zero attached hydrogens (tertiary/aromatic N) is 1. The van der Waals surface area contributed by atoms with Crippen molar-refractivity contribution < 1.29 is 13.9 Å². The number of hydrogen-bond acceptors (Lipinski definition) is 3. The minimum atomic E-state index is -0.706. The van der Waals surface area contributed by atoms with Crippen LogP contribution in [0.15, 0.2) is 83.4 Å². The lowest BCUT2D eigenvalue weighted by Crippen LogP contribution is -2.14. The first-order valence-electron chi connectivity index (χ1n) is 9.90. The monoisotopic (exact) mass is 524 g/mol. The Morgan fingerprint density at radius 1 is 1.18 bits per heavy atom. The molecule has 1 amide bonds. The van der Waals surface area contributed by atoms with Crippen LogP contribution >= 0.6 is 27.5 Å². The van der Waals surface area contributed by atoms with E-state index in [1.54, 1.807) is 24.3 Å². The van der Waals surface area contributed by atoms with Crippen molar-refractivity contribution >= 4 is 45.2 Å². The summed E-state index contributed by atoms with van der Waals surface area (Å²) in [6, 6.07) is 18.6. The third-order valence-electron chi connectivity index (χ3n) is 4.64. The van der Waals surface area contributed by atoms with Gasteiger partial charge in [-0.2, -0.15) is 5.26 Å². The molecular formula is C26H19BrClFN2O2. The molecule has 0 saturated heterocycles. The number of allylic oxidation sites excluding steroid dienone is 1. The van der Waals surface area contributed by atoms with E-state index in [9.17, 15) is 14.4 Å². The molecule has 0 atom stereocenters. The van der Waals surface area contributed by atoms with Crippen LogP contribution in [0.2, 0.25) is 5.02 Å². The van der Waals surface area contributed by atoms with E-state index in [1.807, 2.05) is 30.3 Å². The highest BCUT2D eigenvalue weighted by Gasteiger charge is 2.15. The highest BCUT2D eigenvalue weighted by molar-refractivity contribution is 9.10. The molecule has 3 aromatic carbocycles. The Morgan fingerprint density at radius 2 is 1.91 bits per heavy atom. The number of halogens is 3. The largest absolute Gasteiger partial charge is 0.487 e. The molecular weight excluding hydrogens is 507 g/mol. The highest BCUT2D eigenvalue weighted by Crippen LogP contribution is 2.33. The maximum atomic E-state index is 13.8. The molecule has 0 fully saturated rings. The third kappa shape index (κ3) is 6.32. The van der Waals surface area contributed by atoms with Crippen LogP contribution in [-0.2, 0) is 17.8 Å². The number of carbonyl (C=O) groups excluding carboxylic acids is 1. The number of amides is 1. The molecule has 0 heterocycles. The van der Waals surface area contributed by atoms with E-state index in [1.165, 1.54) is 24.3 Å². The van der Waals surface area contributed by atoms with E-state index in [2.05, 4.69) is 27.8 Å². The molecule has 0 aliphatic heterocycles. The first kappa shape index (κ1) is 24.2. The number of hydrogen-bond donors (Lipinski definition) is 1. The van der Waals surface area contributed by atoms with Crippen molar-refractivity contribution in [1.82, 2.24) is 0 Å². The number of ether oxygens (including phenoxy) is 1. The van der Waals surface area contributed by atoms with E-state index >= 15 is 0 Å². The van der Waals surface area contributed by atoms with Crippen LogP contribution in [0.1, 0.15) is 16.7 Å². The van der Waals surface area contributed by atoms with Gasteiger partial charge in [-0.1, -0.05) is 48.0 Å². The Balaban J connectivity index is 1.87. The molecule has 0 saturated carbocycles. The molecule has 33 heavy (non-hydrogen) atoms. The number of para-hydroxylation sites is 1. The van der Waals surface area contributed by atoms with Crippen LogP contribution in [0, 0.1) is 17.1 Å². The summed E-state index contributed by atoms with van der Waals surface area (Å²) in [7, 11) is 0. The van der Waals surface area contributed by atoms with Crippen LogP contribution in [-0.4, -0.2) is 5.91 Å². The predicted octanol–water partition coefficient (Wildman–Crippen LogP) is 7.09. The molecule has 3 aromatic rings. The summed E-state index contributed by atoms with van der Waals surface area (Å²) < 4.78 is 20.5. The van der Waals surface area contributed by atoms with Crippen LogP contribution in [0.25, 0.3) is 6.08 Å². The number of nitriles is 1. The maximum Gasteiger partial charge on any atom is 0.266 e. The Kier molecular flexibility index (Phi) is 8.42. The molecule has 0 aromatic heterocycles. The third-order valence-corrected chi connectivity index (χ3v) is 5.59. The summed E-state index contributed by atoms with van der Waals surface area (Å²) in [4.78, 5) is 12.5. The summed E-state index contributed by atoms with van der Waals surface area (Å²) in [5.74, 6) is -0.677. The number of nitrogens with one attached hydrogen (secondary N) is 1. The standard InChI is InChI=1S/C26H19BrClFN2O2/c1-2-7-18-12-17(13-20(15-30)26(32)31-24-11-6-5-10-23(24)29)14-21(27)25(18)33-16-19-8-3-4-9-22(19)28/h2-6,8-14H,1,7,16H2,(H,31,32)/b20-13-. The van der Waals surface area contributed by atoms with E-state index in [4.69, 9.17) is 16.3 Å². The van der Waals surface area contributed by atoms with Crippen molar-refractivity contribution in [1.29, 1.82) is 5.26 Å². The van der Waals surface area contributed by atoms with Gasteiger partial charge in [-0.3, -0.25) is 4.79 Å². The zero-order valence-corrected chi connectivity index (χ0v) is 19.8. The number of anilines is 1. The Labute approximate surface area is 205 Å². The van der Waals surface area contributed by atoms with E-state index < -0.39 is 11.7 Å². The van der Waals surface area contributed by atoms with Gasteiger partial charge in [0.15, 0.2) is 0 Å². The molecule has 1 N–H and O–H groups in total. The van der Waals surface area contributed by atoms with Crippen molar-refractivity contribution in [3.05, 3.63) is 111 Å². The molecule has 0 aliphatic carbocycles. The van der Waals surface area contributed by atoms with Gasteiger partial charge in [0, 0.05) is 10.6 Å². The normalized spacial score (nSPS) is 10.9. The summed E-state index contributed by atoms with van der Waals surface area (Å²) in [6.07, 6.45) is 3.67. The summed E-state index contributed by atoms with van der Waals surface area (Å²) in [5, 5.41) is 12.5. The minimum Gasteiger partial charge on any atom is -0.487 e. The van der Waals surface area contributed by atoms with Crippen molar-refractivity contribution in [2.45, 2.75) is 13.0 Å². The van der Waals surface area contributed by atoms with Gasteiger partial charge in [-0.05, 0) is 69.9 Å². The molecule has 7 heteroatoms. The second-order valence-electron chi connectivity index (χ2n) is 6.97. The average molecular weight is 526 g/mol. The van der Waals surface area contributed by atoms with Gasteiger partial charge in [0.2, 0.25) is 0 Å². The van der Waals surface area contributed by atoms with Gasteiger partial charge in [0.1, 0.15) is 29.8 Å². The fraction of sp³-hybridized carbons (Fsp3) is 0.0769. The molecule has 0 unspecified atom stereocenters. The van der Waals surface area contributed by atoms with Gasteiger partial charge in [0.25, 0.3) is 5.91 Å². The second-order valence-corrected chi connectivity index (χ2v) is 8.23. The highest BCUT2D eigenvalue weighted by atomic mass is 79.9. The van der Waals surface area contributed by atoms with Crippen molar-refractivity contribution in [3.63, 3.8) is 0 Å². The molecule has 166 valence electrons. The Morgan fingerprint density at radius 3 is 2.61 bits per heavy atom. The van der Waals surface area contributed by atoms with Crippen LogP contribution in [0.5, 0.6) is 5.75 Å². The topological polar surface area (TPSA) is 62.1 Å². The van der Waals surface area contributed by atoms with Gasteiger partial charge in [-0.15, -0.1) is 6.58 Å². The van der Waals surface area contributed by atoms with Gasteiger partial charge < -0.3 is 10.1 Å². The summed E-state index contributed by atoms with van der Waals surface area (Å²) in [6.45, 7) is 4.06. The first-order valence-corrected chi connectivity index (χ1v) is 11.1. The van der Waals surface area contributed by atoms with E-state index in [0.29, 0.717) is 27.2 Å². The Hall–Kier alpha value is -3.40. The lowest BCUT2D eigenvalue weighted by Gasteiger charge is -2.15. The van der Waals surface area contributed by atoms with Crippen molar-refractivity contribution in [2.75, 3.05) is 5.32 Å². The fourth-order valence-electron chi connectivity index (χ4n) is 3.06. The zero-order valence-electron chi connectivity index (χ0n) is 17.4. The molecule has 0 radical (unpaired) electrons. The number of benzene rings is 3. The molecule has 0 spiro atoms. The second kappa shape index (κ2) is 11.5. The van der Waals surface area contributed by atoms with Crippen LogP contribution in [0.3, 0.4) is 0 Å². The number of carbonyl (C=O) groups is 1. The molecule has 0 aliphatic rings. The minimum absolute atomic E-state index is 0.000461. The first-order chi connectivity index (χ1) is 15.9. The summed E-state index contributed by atoms with van der Waals surface area (Å²) >= 11 is 9.74. The number of rotatable bonds is 8. The average Bonchev–Trinajstić information content (AvgIpc) is 2.79. The maximum absolute atomic E-state index is 13.8. The lowest BCUT2D eigenvalue weighted by atomic mass is 10.0. The predicted molar refractivity (Wildman–Crippen MR) is 132 cm³/mol. The van der Waals surface area contributed by atoms with E-state index in [-0.39, 0.29) is 17.9 Å². The van der Waals surface area contributed by atoms with Crippen molar-refractivity contribution in [3.8, 4) is 11.8 Å². The molecule has 3 rings (SSSR count). The molecule has 0 bridgehead atoms. The Bertz CT molecular complexity index is 1270. The van der Waals surface area contributed by atoms with Gasteiger partial charge >= 0.3 is 0 Å². The quantitative estimate of drug-likeness (QED) is 0.194. The molecule has 4 nitrogen and oxygen atoms in total.